The fourth-order valence-corrected chi connectivity index (χ4v) is 3.60. The van der Waals surface area contributed by atoms with Crippen molar-refractivity contribution in [3.05, 3.63) is 48.0 Å². The number of fused-ring (bicyclic) bond motifs is 2. The molecule has 0 spiro atoms. The first kappa shape index (κ1) is 33.4. The summed E-state index contributed by atoms with van der Waals surface area (Å²) in [5.41, 5.74) is 0.356. The Morgan fingerprint density at radius 2 is 0.810 bits per heavy atom. The number of hydrogen-bond donors (Lipinski definition) is 0. The number of esters is 1. The lowest BCUT2D eigenvalue weighted by Crippen LogP contribution is -2.16. The second kappa shape index (κ2) is 21.6. The van der Waals surface area contributed by atoms with Crippen molar-refractivity contribution in [1.82, 2.24) is 0 Å². The first-order chi connectivity index (χ1) is 20.8. The van der Waals surface area contributed by atoms with E-state index in [2.05, 4.69) is 0 Å². The van der Waals surface area contributed by atoms with Gasteiger partial charge in [0.1, 0.15) is 26.4 Å². The zero-order chi connectivity index (χ0) is 29.5. The highest BCUT2D eigenvalue weighted by molar-refractivity contribution is 5.90. The molecule has 0 atom stereocenters. The molecule has 42 heavy (non-hydrogen) atoms. The van der Waals surface area contributed by atoms with Gasteiger partial charge in [-0.1, -0.05) is 12.1 Å². The third-order valence-corrected chi connectivity index (χ3v) is 5.64. The van der Waals surface area contributed by atoms with Crippen molar-refractivity contribution in [2.24, 2.45) is 0 Å². The van der Waals surface area contributed by atoms with E-state index < -0.39 is 5.97 Å². The summed E-state index contributed by atoms with van der Waals surface area (Å²) in [6, 6.07) is 12.4. The predicted molar refractivity (Wildman–Crippen MR) is 151 cm³/mol. The third-order valence-electron chi connectivity index (χ3n) is 5.64. The van der Waals surface area contributed by atoms with Crippen LogP contribution in [0.25, 0.3) is 0 Å². The average Bonchev–Trinajstić information content (AvgIpc) is 3.01. The number of ether oxygens (including phenoxy) is 11. The number of carbonyl (C=O) groups excluding carboxylic acids is 1. The van der Waals surface area contributed by atoms with Crippen molar-refractivity contribution >= 4 is 5.97 Å². The molecule has 0 fully saturated rings. The number of carbonyl (C=O) groups is 1. The minimum atomic E-state index is -0.466. The van der Waals surface area contributed by atoms with Crippen molar-refractivity contribution in [2.75, 3.05) is 113 Å². The molecule has 12 nitrogen and oxygen atoms in total. The van der Waals surface area contributed by atoms with E-state index in [9.17, 15) is 4.79 Å². The van der Waals surface area contributed by atoms with Crippen LogP contribution >= 0.6 is 0 Å². The maximum absolute atomic E-state index is 12.0. The Bertz CT molecular complexity index is 1000. The van der Waals surface area contributed by atoms with Crippen LogP contribution < -0.4 is 18.9 Å². The normalized spacial score (nSPS) is 18.3. The summed E-state index contributed by atoms with van der Waals surface area (Å²) in [5.74, 6) is 1.74. The van der Waals surface area contributed by atoms with E-state index >= 15 is 0 Å². The van der Waals surface area contributed by atoms with Crippen LogP contribution in [0.15, 0.2) is 42.5 Å². The summed E-state index contributed by atoms with van der Waals surface area (Å²) in [6.07, 6.45) is 0. The lowest BCUT2D eigenvalue weighted by Gasteiger charge is -2.14. The Kier molecular flexibility index (Phi) is 17.1. The molecular weight excluding hydrogens is 552 g/mol. The largest absolute Gasteiger partial charge is 0.487 e. The van der Waals surface area contributed by atoms with Gasteiger partial charge in [0, 0.05) is 0 Å². The molecule has 0 saturated heterocycles. The average molecular weight is 595 g/mol. The quantitative estimate of drug-likeness (QED) is 0.452. The maximum atomic E-state index is 12.0. The number of hydrogen-bond acceptors (Lipinski definition) is 12. The first-order valence-corrected chi connectivity index (χ1v) is 14.1. The van der Waals surface area contributed by atoms with Crippen molar-refractivity contribution in [3.63, 3.8) is 0 Å². The van der Waals surface area contributed by atoms with E-state index in [1.54, 1.807) is 18.2 Å². The molecule has 12 heteroatoms. The maximum Gasteiger partial charge on any atom is 0.337 e. The van der Waals surface area contributed by atoms with Gasteiger partial charge in [-0.3, -0.25) is 0 Å². The zero-order valence-electron chi connectivity index (χ0n) is 24.3. The molecule has 0 N–H and O–H groups in total. The van der Waals surface area contributed by atoms with Gasteiger partial charge >= 0.3 is 5.97 Å². The van der Waals surface area contributed by atoms with Gasteiger partial charge < -0.3 is 52.1 Å². The molecule has 0 amide bonds. The van der Waals surface area contributed by atoms with Crippen LogP contribution in [0.4, 0.5) is 0 Å². The highest BCUT2D eigenvalue weighted by Crippen LogP contribution is 2.29. The second-order valence-electron chi connectivity index (χ2n) is 8.67. The molecule has 0 aliphatic carbocycles. The molecule has 3 rings (SSSR count). The molecule has 1 heterocycles. The molecule has 0 saturated carbocycles. The highest BCUT2D eigenvalue weighted by Gasteiger charge is 2.12. The topological polar surface area (TPSA) is 119 Å². The zero-order valence-corrected chi connectivity index (χ0v) is 24.3. The molecule has 2 aromatic rings. The number of methoxy groups -OCH3 is 1. The summed E-state index contributed by atoms with van der Waals surface area (Å²) in [7, 11) is 1.33. The van der Waals surface area contributed by atoms with Crippen LogP contribution in [0.5, 0.6) is 23.0 Å². The van der Waals surface area contributed by atoms with Gasteiger partial charge in [-0.25, -0.2) is 4.79 Å². The molecule has 234 valence electrons. The molecule has 0 aromatic heterocycles. The van der Waals surface area contributed by atoms with Gasteiger partial charge in [0.25, 0.3) is 0 Å². The number of rotatable bonds is 1. The Morgan fingerprint density at radius 1 is 0.476 bits per heavy atom. The molecule has 0 radical (unpaired) electrons. The van der Waals surface area contributed by atoms with Crippen molar-refractivity contribution in [1.29, 1.82) is 0 Å². The molecule has 0 unspecified atom stereocenters. The summed E-state index contributed by atoms with van der Waals surface area (Å²) >= 11 is 0. The Morgan fingerprint density at radius 3 is 1.19 bits per heavy atom. The van der Waals surface area contributed by atoms with Gasteiger partial charge in [0.2, 0.25) is 0 Å². The Hall–Kier alpha value is -3.13. The minimum Gasteiger partial charge on any atom is -0.487 e. The smallest absolute Gasteiger partial charge is 0.337 e. The van der Waals surface area contributed by atoms with E-state index in [4.69, 9.17) is 52.1 Å². The van der Waals surface area contributed by atoms with Crippen LogP contribution in [0.2, 0.25) is 0 Å². The van der Waals surface area contributed by atoms with Gasteiger partial charge in [0.15, 0.2) is 23.0 Å². The molecular formula is C30H42O12. The Balaban J connectivity index is 1.43. The minimum absolute atomic E-state index is 0.260. The van der Waals surface area contributed by atoms with E-state index in [-0.39, 0.29) is 6.61 Å². The van der Waals surface area contributed by atoms with E-state index in [0.717, 1.165) is 0 Å². The third kappa shape index (κ3) is 13.7. The summed E-state index contributed by atoms with van der Waals surface area (Å²) < 4.78 is 61.5. The van der Waals surface area contributed by atoms with E-state index in [1.165, 1.54) is 7.11 Å². The summed E-state index contributed by atoms with van der Waals surface area (Å²) in [4.78, 5) is 12.0. The lowest BCUT2D eigenvalue weighted by molar-refractivity contribution is 0.00248. The molecule has 1 aliphatic heterocycles. The molecule has 0 bridgehead atoms. The van der Waals surface area contributed by atoms with Crippen molar-refractivity contribution < 1.29 is 56.9 Å². The predicted octanol–water partition coefficient (Wildman–Crippen LogP) is 2.80. The first-order valence-electron chi connectivity index (χ1n) is 14.1. The molecule has 1 aliphatic rings. The van der Waals surface area contributed by atoms with Crippen LogP contribution in [0.3, 0.4) is 0 Å². The van der Waals surface area contributed by atoms with Crippen molar-refractivity contribution in [3.8, 4) is 23.0 Å². The van der Waals surface area contributed by atoms with E-state index in [1.807, 2.05) is 24.3 Å². The fourth-order valence-electron chi connectivity index (χ4n) is 3.60. The lowest BCUT2D eigenvalue weighted by atomic mass is 10.2. The number of para-hydroxylation sites is 2. The summed E-state index contributed by atoms with van der Waals surface area (Å²) in [6.45, 7) is 6.30. The van der Waals surface area contributed by atoms with Crippen LogP contribution in [0.1, 0.15) is 10.4 Å². The number of benzene rings is 2. The van der Waals surface area contributed by atoms with Crippen LogP contribution in [0, 0.1) is 0 Å². The Labute approximate surface area is 246 Å². The van der Waals surface area contributed by atoms with Crippen LogP contribution in [-0.4, -0.2) is 119 Å². The van der Waals surface area contributed by atoms with E-state index in [0.29, 0.717) is 128 Å². The second-order valence-corrected chi connectivity index (χ2v) is 8.67. The summed E-state index contributed by atoms with van der Waals surface area (Å²) in [5, 5.41) is 0. The van der Waals surface area contributed by atoms with Crippen molar-refractivity contribution in [2.45, 2.75) is 0 Å². The van der Waals surface area contributed by atoms with Crippen LogP contribution in [-0.2, 0) is 33.2 Å². The van der Waals surface area contributed by atoms with Gasteiger partial charge in [-0.15, -0.1) is 0 Å². The fraction of sp³-hybridized carbons (Fsp3) is 0.567. The van der Waals surface area contributed by atoms with Gasteiger partial charge in [-0.2, -0.15) is 0 Å². The molecule has 2 aromatic carbocycles. The van der Waals surface area contributed by atoms with Gasteiger partial charge in [0.05, 0.1) is 92.0 Å². The standard InChI is InChI=1S/C30H42O12/c1-32-30(31)25-6-7-28-29(24-25)42-23-19-38-15-11-34-9-13-36-17-21-40-27-5-3-2-4-26(27)39-20-16-35-12-8-33-10-14-37-18-22-41-28/h2-7,24H,8-23H2,1H3. The monoisotopic (exact) mass is 594 g/mol. The SMILES string of the molecule is COC(=O)c1ccc2c(c1)OCCOCCOCCOCCOc1ccccc1OCCOCCOCCOCCO2. The highest BCUT2D eigenvalue weighted by atomic mass is 16.6. The van der Waals surface area contributed by atoms with Gasteiger partial charge in [-0.05, 0) is 30.3 Å².